The van der Waals surface area contributed by atoms with Crippen molar-refractivity contribution in [1.82, 2.24) is 15.3 Å². The van der Waals surface area contributed by atoms with Crippen molar-refractivity contribution in [3.8, 4) is 0 Å². The van der Waals surface area contributed by atoms with Gasteiger partial charge in [-0.05, 0) is 25.0 Å². The molecule has 1 aromatic carbocycles. The fourth-order valence-electron chi connectivity index (χ4n) is 2.01. The fraction of sp³-hybridized carbons (Fsp3) is 0.353. The van der Waals surface area contributed by atoms with Crippen molar-refractivity contribution in [2.24, 2.45) is 5.92 Å². The quantitative estimate of drug-likeness (QED) is 0.922. The summed E-state index contributed by atoms with van der Waals surface area (Å²) in [5.74, 6) is 1.52. The second-order valence-electron chi connectivity index (χ2n) is 5.66. The average Bonchev–Trinajstić information content (AvgIpc) is 2.52. The third-order valence-corrected chi connectivity index (χ3v) is 3.22. The van der Waals surface area contributed by atoms with Crippen molar-refractivity contribution in [1.29, 1.82) is 0 Å². The average molecular weight is 298 g/mol. The van der Waals surface area contributed by atoms with Gasteiger partial charge in [0.2, 0.25) is 0 Å². The Labute approximate surface area is 131 Å². The highest BCUT2D eigenvalue weighted by Gasteiger charge is 2.13. The van der Waals surface area contributed by atoms with Crippen LogP contribution in [0.4, 0.5) is 11.5 Å². The number of aromatic nitrogens is 2. The number of anilines is 2. The Bertz CT molecular complexity index is 640. The van der Waals surface area contributed by atoms with Crippen molar-refractivity contribution >= 4 is 17.4 Å². The van der Waals surface area contributed by atoms with Crippen molar-refractivity contribution in [2.75, 3.05) is 18.5 Å². The van der Waals surface area contributed by atoms with Gasteiger partial charge < -0.3 is 10.2 Å². The third-order valence-electron chi connectivity index (χ3n) is 3.22. The summed E-state index contributed by atoms with van der Waals surface area (Å²) in [4.78, 5) is 22.8. The van der Waals surface area contributed by atoms with Gasteiger partial charge in [0.25, 0.3) is 5.91 Å². The molecule has 0 unspecified atom stereocenters. The molecule has 2 rings (SSSR count). The van der Waals surface area contributed by atoms with Crippen LogP contribution in [0.25, 0.3) is 0 Å². The molecule has 0 bridgehead atoms. The van der Waals surface area contributed by atoms with Crippen molar-refractivity contribution in [2.45, 2.75) is 20.8 Å². The number of amides is 1. The Morgan fingerprint density at radius 2 is 1.91 bits per heavy atom. The van der Waals surface area contributed by atoms with E-state index < -0.39 is 0 Å². The number of aryl methyl sites for hydroxylation is 1. The molecule has 0 radical (unpaired) electrons. The predicted molar refractivity (Wildman–Crippen MR) is 88.4 cm³/mol. The topological polar surface area (TPSA) is 58.1 Å². The first kappa shape index (κ1) is 15.9. The summed E-state index contributed by atoms with van der Waals surface area (Å²) in [5.41, 5.74) is 1.40. The Morgan fingerprint density at radius 1 is 1.23 bits per heavy atom. The summed E-state index contributed by atoms with van der Waals surface area (Å²) < 4.78 is 0. The summed E-state index contributed by atoms with van der Waals surface area (Å²) in [6.45, 7) is 6.54. The molecule has 1 N–H and O–H groups in total. The fourth-order valence-corrected chi connectivity index (χ4v) is 2.01. The molecule has 116 valence electrons. The summed E-state index contributed by atoms with van der Waals surface area (Å²) in [6, 6.07) is 11.6. The van der Waals surface area contributed by atoms with Gasteiger partial charge in [0.15, 0.2) is 0 Å². The zero-order valence-corrected chi connectivity index (χ0v) is 13.5. The zero-order chi connectivity index (χ0) is 16.1. The van der Waals surface area contributed by atoms with E-state index in [9.17, 15) is 4.79 Å². The Balaban J connectivity index is 2.25. The van der Waals surface area contributed by atoms with Crippen LogP contribution in [-0.2, 0) is 0 Å². The Hall–Kier alpha value is -2.43. The zero-order valence-electron chi connectivity index (χ0n) is 13.5. The molecule has 0 spiro atoms. The SMILES string of the molecule is Cc1nc(C(=O)NCC(C)C)cc(N(C)c2ccccc2)n1. The van der Waals surface area contributed by atoms with Gasteiger partial charge in [0.1, 0.15) is 17.3 Å². The lowest BCUT2D eigenvalue weighted by Crippen LogP contribution is -2.28. The normalized spacial score (nSPS) is 10.6. The van der Waals surface area contributed by atoms with Crippen molar-refractivity contribution in [3.05, 3.63) is 47.9 Å². The minimum absolute atomic E-state index is 0.165. The van der Waals surface area contributed by atoms with Crippen LogP contribution in [0, 0.1) is 12.8 Å². The second kappa shape index (κ2) is 7.02. The maximum absolute atomic E-state index is 12.2. The molecule has 2 aromatic rings. The molecule has 0 aliphatic rings. The molecule has 0 saturated carbocycles. The largest absolute Gasteiger partial charge is 0.350 e. The van der Waals surface area contributed by atoms with E-state index in [-0.39, 0.29) is 5.91 Å². The number of carbonyl (C=O) groups excluding carboxylic acids is 1. The van der Waals surface area contributed by atoms with Crippen molar-refractivity contribution < 1.29 is 4.79 Å². The van der Waals surface area contributed by atoms with Crippen LogP contribution >= 0.6 is 0 Å². The smallest absolute Gasteiger partial charge is 0.270 e. The maximum Gasteiger partial charge on any atom is 0.270 e. The second-order valence-corrected chi connectivity index (χ2v) is 5.66. The van der Waals surface area contributed by atoms with Gasteiger partial charge in [-0.3, -0.25) is 4.79 Å². The van der Waals surface area contributed by atoms with Gasteiger partial charge in [-0.1, -0.05) is 32.0 Å². The number of benzene rings is 1. The molecule has 1 aromatic heterocycles. The van der Waals surface area contributed by atoms with Crippen LogP contribution in [0.1, 0.15) is 30.2 Å². The number of hydrogen-bond donors (Lipinski definition) is 1. The van der Waals surface area contributed by atoms with Crippen LogP contribution in [0.15, 0.2) is 36.4 Å². The van der Waals surface area contributed by atoms with E-state index in [1.54, 1.807) is 13.0 Å². The molecule has 0 aliphatic carbocycles. The Kier molecular flexibility index (Phi) is 5.09. The van der Waals surface area contributed by atoms with Gasteiger partial charge in [-0.25, -0.2) is 9.97 Å². The molecule has 0 atom stereocenters. The van der Waals surface area contributed by atoms with E-state index in [2.05, 4.69) is 29.1 Å². The molecule has 5 heteroatoms. The lowest BCUT2D eigenvalue weighted by molar-refractivity contribution is 0.0943. The highest BCUT2D eigenvalue weighted by atomic mass is 16.1. The highest BCUT2D eigenvalue weighted by Crippen LogP contribution is 2.21. The predicted octanol–water partition coefficient (Wildman–Crippen LogP) is 2.94. The first-order chi connectivity index (χ1) is 10.5. The van der Waals surface area contributed by atoms with E-state index in [4.69, 9.17) is 0 Å². The Morgan fingerprint density at radius 3 is 2.55 bits per heavy atom. The van der Waals surface area contributed by atoms with Gasteiger partial charge in [-0.15, -0.1) is 0 Å². The van der Waals surface area contributed by atoms with Gasteiger partial charge in [-0.2, -0.15) is 0 Å². The monoisotopic (exact) mass is 298 g/mol. The number of carbonyl (C=O) groups is 1. The molecule has 1 heterocycles. The van der Waals surface area contributed by atoms with E-state index in [0.717, 1.165) is 5.69 Å². The summed E-state index contributed by atoms with van der Waals surface area (Å²) in [5, 5.41) is 2.88. The summed E-state index contributed by atoms with van der Waals surface area (Å²) >= 11 is 0. The highest BCUT2D eigenvalue weighted by molar-refractivity contribution is 5.93. The summed E-state index contributed by atoms with van der Waals surface area (Å²) in [7, 11) is 1.92. The lowest BCUT2D eigenvalue weighted by atomic mass is 10.2. The molecule has 0 saturated heterocycles. The maximum atomic E-state index is 12.2. The lowest BCUT2D eigenvalue weighted by Gasteiger charge is -2.19. The van der Waals surface area contributed by atoms with E-state index in [1.165, 1.54) is 0 Å². The van der Waals surface area contributed by atoms with Gasteiger partial charge in [0, 0.05) is 25.3 Å². The van der Waals surface area contributed by atoms with E-state index in [1.807, 2.05) is 42.3 Å². The van der Waals surface area contributed by atoms with Crippen LogP contribution < -0.4 is 10.2 Å². The van der Waals surface area contributed by atoms with Crippen LogP contribution in [0.3, 0.4) is 0 Å². The van der Waals surface area contributed by atoms with E-state index >= 15 is 0 Å². The van der Waals surface area contributed by atoms with Crippen LogP contribution in [-0.4, -0.2) is 29.5 Å². The third kappa shape index (κ3) is 4.04. The molecular formula is C17H22N4O. The first-order valence-corrected chi connectivity index (χ1v) is 7.40. The van der Waals surface area contributed by atoms with Crippen LogP contribution in [0.5, 0.6) is 0 Å². The minimum Gasteiger partial charge on any atom is -0.350 e. The summed E-state index contributed by atoms with van der Waals surface area (Å²) in [6.07, 6.45) is 0. The number of nitrogens with one attached hydrogen (secondary N) is 1. The molecular weight excluding hydrogens is 276 g/mol. The van der Waals surface area contributed by atoms with Gasteiger partial charge >= 0.3 is 0 Å². The molecule has 22 heavy (non-hydrogen) atoms. The minimum atomic E-state index is -0.165. The molecule has 1 amide bonds. The molecule has 0 aliphatic heterocycles. The standard InChI is InChI=1S/C17H22N4O/c1-12(2)11-18-17(22)15-10-16(20-13(3)19-15)21(4)14-8-6-5-7-9-14/h5-10,12H,11H2,1-4H3,(H,18,22). The van der Waals surface area contributed by atoms with Gasteiger partial charge in [0.05, 0.1) is 0 Å². The first-order valence-electron chi connectivity index (χ1n) is 7.40. The number of hydrogen-bond acceptors (Lipinski definition) is 4. The molecule has 5 nitrogen and oxygen atoms in total. The number of nitrogens with zero attached hydrogens (tertiary/aromatic N) is 3. The molecule has 0 fully saturated rings. The van der Waals surface area contributed by atoms with Crippen LogP contribution in [0.2, 0.25) is 0 Å². The van der Waals surface area contributed by atoms with Crippen molar-refractivity contribution in [3.63, 3.8) is 0 Å². The number of rotatable bonds is 5. The number of para-hydroxylation sites is 1. The van der Waals surface area contributed by atoms with E-state index in [0.29, 0.717) is 29.8 Å².